The smallest absolute Gasteiger partial charge is 0.478 e. The van der Waals surface area contributed by atoms with Crippen molar-refractivity contribution in [3.63, 3.8) is 0 Å². The van der Waals surface area contributed by atoms with Gasteiger partial charge in [0.25, 0.3) is 0 Å². The van der Waals surface area contributed by atoms with Crippen LogP contribution in [-0.2, 0) is 18.4 Å². The molecule has 1 aromatic carbocycles. The number of hydrogen-bond donors (Lipinski definition) is 0. The van der Waals surface area contributed by atoms with E-state index in [0.717, 1.165) is 12.2 Å². The average Bonchev–Trinajstić information content (AvgIpc) is 2.54. The molecule has 0 heterocycles. The van der Waals surface area contributed by atoms with Crippen molar-refractivity contribution in [2.75, 3.05) is 0 Å². The highest BCUT2D eigenvalue weighted by molar-refractivity contribution is 6.86. The van der Waals surface area contributed by atoms with E-state index in [1.807, 2.05) is 51.1 Å². The lowest BCUT2D eigenvalue weighted by atomic mass is 10.1. The second-order valence-corrected chi connectivity index (χ2v) is 9.04. The van der Waals surface area contributed by atoms with Crippen molar-refractivity contribution >= 4 is 25.7 Å². The van der Waals surface area contributed by atoms with E-state index in [1.165, 1.54) is 0 Å². The van der Waals surface area contributed by atoms with Crippen LogP contribution in [-0.4, -0.2) is 20.5 Å². The van der Waals surface area contributed by atoms with Crippen LogP contribution in [0, 0.1) is 0 Å². The zero-order chi connectivity index (χ0) is 16.8. The molecule has 0 N–H and O–H groups in total. The van der Waals surface area contributed by atoms with Gasteiger partial charge in [0.1, 0.15) is 0 Å². The molecular formula is C17H22O4Si. The zero-order valence-corrected chi connectivity index (χ0v) is 14.3. The highest BCUT2D eigenvalue weighted by Crippen LogP contribution is 2.41. The average molecular weight is 318 g/mol. The van der Waals surface area contributed by atoms with Gasteiger partial charge in [-0.3, -0.25) is 0 Å². The van der Waals surface area contributed by atoms with Gasteiger partial charge < -0.3 is 8.85 Å². The number of hydrogen-bond acceptors (Lipinski definition) is 4. The van der Waals surface area contributed by atoms with Crippen LogP contribution >= 0.6 is 0 Å². The topological polar surface area (TPSA) is 52.6 Å². The summed E-state index contributed by atoms with van der Waals surface area (Å²) < 4.78 is 11.4. The summed E-state index contributed by atoms with van der Waals surface area (Å²) in [6, 6.07) is 9.14. The first-order valence-electron chi connectivity index (χ1n) is 7.09. The quantitative estimate of drug-likeness (QED) is 0.573. The lowest BCUT2D eigenvalue weighted by Gasteiger charge is -2.40. The Kier molecular flexibility index (Phi) is 5.88. The molecule has 4 nitrogen and oxygen atoms in total. The highest BCUT2D eigenvalue weighted by atomic mass is 28.4. The Balaban J connectivity index is 3.54. The second-order valence-electron chi connectivity index (χ2n) is 5.47. The molecule has 118 valence electrons. The minimum Gasteiger partial charge on any atom is -0.478 e. The van der Waals surface area contributed by atoms with E-state index in [1.54, 1.807) is 0 Å². The molecule has 0 spiro atoms. The van der Waals surface area contributed by atoms with Crippen molar-refractivity contribution in [1.82, 2.24) is 0 Å². The first-order chi connectivity index (χ1) is 10.3. The largest absolute Gasteiger partial charge is 0.505 e. The third kappa shape index (κ3) is 3.54. The van der Waals surface area contributed by atoms with Gasteiger partial charge in [0, 0.05) is 22.4 Å². The van der Waals surface area contributed by atoms with Crippen LogP contribution in [0.2, 0.25) is 5.04 Å². The molecule has 0 aliphatic rings. The summed E-state index contributed by atoms with van der Waals surface area (Å²) in [7, 11) is -3.41. The molecule has 22 heavy (non-hydrogen) atoms. The van der Waals surface area contributed by atoms with E-state index >= 15 is 0 Å². The minimum atomic E-state index is -3.41. The second kappa shape index (κ2) is 7.22. The maximum Gasteiger partial charge on any atom is 0.505 e. The SMILES string of the molecule is C=CC(=O)O[Si](OC(=O)C=C)(c1ccccc1)C(C)(C)CC. The van der Waals surface area contributed by atoms with Crippen molar-refractivity contribution in [3.05, 3.63) is 55.6 Å². The predicted octanol–water partition coefficient (Wildman–Crippen LogP) is 2.98. The maximum absolute atomic E-state index is 11.9. The van der Waals surface area contributed by atoms with E-state index in [4.69, 9.17) is 8.85 Å². The Hall–Kier alpha value is -2.14. The fourth-order valence-electron chi connectivity index (χ4n) is 2.06. The molecule has 0 saturated carbocycles. The predicted molar refractivity (Wildman–Crippen MR) is 88.7 cm³/mol. The summed E-state index contributed by atoms with van der Waals surface area (Å²) in [6.45, 7) is 12.7. The lowest BCUT2D eigenvalue weighted by Crippen LogP contribution is -2.62. The van der Waals surface area contributed by atoms with Gasteiger partial charge >= 0.3 is 20.5 Å². The van der Waals surface area contributed by atoms with E-state index in [9.17, 15) is 9.59 Å². The van der Waals surface area contributed by atoms with Gasteiger partial charge in [0.05, 0.1) is 0 Å². The van der Waals surface area contributed by atoms with Gasteiger partial charge in [0.2, 0.25) is 0 Å². The summed E-state index contributed by atoms with van der Waals surface area (Å²) in [6.07, 6.45) is 2.83. The fraction of sp³-hybridized carbons (Fsp3) is 0.294. The van der Waals surface area contributed by atoms with Gasteiger partial charge in [-0.1, -0.05) is 64.3 Å². The van der Waals surface area contributed by atoms with Crippen molar-refractivity contribution in [2.45, 2.75) is 32.2 Å². The number of benzene rings is 1. The van der Waals surface area contributed by atoms with Crippen molar-refractivity contribution in [3.8, 4) is 0 Å². The zero-order valence-electron chi connectivity index (χ0n) is 13.3. The van der Waals surface area contributed by atoms with Crippen LogP contribution in [0.25, 0.3) is 0 Å². The molecule has 0 aliphatic carbocycles. The van der Waals surface area contributed by atoms with E-state index < -0.39 is 25.5 Å². The first-order valence-corrected chi connectivity index (χ1v) is 8.91. The Bertz CT molecular complexity index is 541. The van der Waals surface area contributed by atoms with Crippen LogP contribution in [0.3, 0.4) is 0 Å². The van der Waals surface area contributed by atoms with E-state index in [-0.39, 0.29) is 0 Å². The summed E-state index contributed by atoms with van der Waals surface area (Å²) >= 11 is 0. The summed E-state index contributed by atoms with van der Waals surface area (Å²) in [4.78, 5) is 23.8. The standard InChI is InChI=1S/C17H22O4Si/c1-6-15(18)20-22(17(4,5)8-3,21-16(19)7-2)14-12-10-9-11-13-14/h6-7,9-13H,1-2,8H2,3-5H3. The Morgan fingerprint density at radius 1 is 1.09 bits per heavy atom. The molecular weight excluding hydrogens is 296 g/mol. The van der Waals surface area contributed by atoms with Crippen LogP contribution < -0.4 is 5.19 Å². The molecule has 1 aromatic rings. The van der Waals surface area contributed by atoms with Gasteiger partial charge in [-0.2, -0.15) is 0 Å². The molecule has 0 radical (unpaired) electrons. The Morgan fingerprint density at radius 3 is 1.91 bits per heavy atom. The van der Waals surface area contributed by atoms with E-state index in [0.29, 0.717) is 11.6 Å². The molecule has 0 saturated heterocycles. The normalized spacial score (nSPS) is 11.4. The third-order valence-corrected chi connectivity index (χ3v) is 7.96. The summed E-state index contributed by atoms with van der Waals surface area (Å²) in [5, 5.41) is 0.193. The highest BCUT2D eigenvalue weighted by Gasteiger charge is 2.58. The van der Waals surface area contributed by atoms with E-state index in [2.05, 4.69) is 13.2 Å². The van der Waals surface area contributed by atoms with Gasteiger partial charge in [0.15, 0.2) is 0 Å². The minimum absolute atomic E-state index is 0.522. The Morgan fingerprint density at radius 2 is 1.55 bits per heavy atom. The monoisotopic (exact) mass is 318 g/mol. The molecule has 0 aliphatic heterocycles. The number of rotatable bonds is 7. The van der Waals surface area contributed by atoms with Gasteiger partial charge in [-0.25, -0.2) is 9.59 Å². The first kappa shape index (κ1) is 17.9. The van der Waals surface area contributed by atoms with Crippen LogP contribution in [0.5, 0.6) is 0 Å². The molecule has 5 heteroatoms. The lowest BCUT2D eigenvalue weighted by molar-refractivity contribution is -0.136. The third-order valence-electron chi connectivity index (χ3n) is 3.75. The van der Waals surface area contributed by atoms with Crippen molar-refractivity contribution in [1.29, 1.82) is 0 Å². The summed E-state index contributed by atoms with van der Waals surface area (Å²) in [5.41, 5.74) is 0. The Labute approximate surface area is 132 Å². The van der Waals surface area contributed by atoms with Crippen LogP contribution in [0.4, 0.5) is 0 Å². The molecule has 0 aromatic heterocycles. The molecule has 0 amide bonds. The number of carbonyl (C=O) groups is 2. The summed E-state index contributed by atoms with van der Waals surface area (Å²) in [5.74, 6) is -1.21. The van der Waals surface area contributed by atoms with Crippen molar-refractivity contribution < 1.29 is 18.4 Å². The fourth-order valence-corrected chi connectivity index (χ4v) is 5.50. The van der Waals surface area contributed by atoms with Gasteiger partial charge in [-0.05, 0) is 6.42 Å². The van der Waals surface area contributed by atoms with Crippen LogP contribution in [0.1, 0.15) is 27.2 Å². The maximum atomic E-state index is 11.9. The molecule has 0 bridgehead atoms. The molecule has 0 fully saturated rings. The molecule has 1 rings (SSSR count). The van der Waals surface area contributed by atoms with Gasteiger partial charge in [-0.15, -0.1) is 0 Å². The van der Waals surface area contributed by atoms with Crippen molar-refractivity contribution in [2.24, 2.45) is 0 Å². The van der Waals surface area contributed by atoms with Crippen LogP contribution in [0.15, 0.2) is 55.6 Å². The number of carbonyl (C=O) groups excluding carboxylic acids is 2. The molecule has 0 unspecified atom stereocenters. The molecule has 0 atom stereocenters.